The highest BCUT2D eigenvalue weighted by Gasteiger charge is 2.21. The van der Waals surface area contributed by atoms with E-state index in [0.717, 1.165) is 30.2 Å². The first-order valence-corrected chi connectivity index (χ1v) is 8.57. The van der Waals surface area contributed by atoms with Crippen molar-refractivity contribution in [3.63, 3.8) is 0 Å². The summed E-state index contributed by atoms with van der Waals surface area (Å²) in [6.07, 6.45) is 0.984. The molecule has 1 amide bonds. The van der Waals surface area contributed by atoms with Crippen molar-refractivity contribution in [2.24, 2.45) is 5.92 Å². The van der Waals surface area contributed by atoms with Crippen molar-refractivity contribution in [2.45, 2.75) is 33.2 Å². The number of carbonyl (C=O) groups excluding carboxylic acids is 1. The number of benzene rings is 2. The Morgan fingerprint density at radius 3 is 2.40 bits per heavy atom. The number of aryl methyl sites for hydroxylation is 1. The summed E-state index contributed by atoms with van der Waals surface area (Å²) in [6.45, 7) is 6.43. The average Bonchev–Trinajstić information content (AvgIpc) is 2.58. The third kappa shape index (κ3) is 5.36. The molecule has 0 spiro atoms. The molecule has 2 aromatic rings. The molecular weight excluding hydrogens is 322 g/mol. The van der Waals surface area contributed by atoms with Crippen molar-refractivity contribution in [1.29, 1.82) is 0 Å². The Morgan fingerprint density at radius 2 is 1.80 bits per heavy atom. The van der Waals surface area contributed by atoms with Gasteiger partial charge in [-0.1, -0.05) is 45.0 Å². The number of anilines is 1. The smallest absolute Gasteiger partial charge is 0.279 e. The highest BCUT2D eigenvalue weighted by Crippen LogP contribution is 2.18. The van der Waals surface area contributed by atoms with E-state index >= 15 is 0 Å². The number of hydrogen-bond donors (Lipinski definition) is 2. The Labute approximate surface area is 147 Å². The largest absolute Gasteiger partial charge is 0.332 e. The Bertz CT molecular complexity index is 714. The van der Waals surface area contributed by atoms with Crippen molar-refractivity contribution in [3.8, 4) is 0 Å². The molecule has 25 heavy (non-hydrogen) atoms. The lowest BCUT2D eigenvalue weighted by molar-refractivity contribution is -0.692. The molecule has 0 unspecified atom stereocenters. The second-order valence-corrected chi connectivity index (χ2v) is 6.48. The number of rotatable bonds is 7. The van der Waals surface area contributed by atoms with E-state index in [4.69, 9.17) is 0 Å². The van der Waals surface area contributed by atoms with E-state index in [2.05, 4.69) is 50.4 Å². The van der Waals surface area contributed by atoms with E-state index in [1.807, 2.05) is 5.32 Å². The number of quaternary nitrogens is 1. The van der Waals surface area contributed by atoms with Crippen LogP contribution in [0.1, 0.15) is 37.9 Å². The van der Waals surface area contributed by atoms with Gasteiger partial charge < -0.3 is 10.6 Å². The molecule has 0 aliphatic carbocycles. The molecule has 0 aliphatic heterocycles. The molecule has 0 heterocycles. The fraction of sp³-hybridized carbons (Fsp3) is 0.350. The first kappa shape index (κ1) is 19.1. The van der Waals surface area contributed by atoms with E-state index in [9.17, 15) is 13.6 Å². The first-order valence-electron chi connectivity index (χ1n) is 8.57. The van der Waals surface area contributed by atoms with Gasteiger partial charge in [-0.3, -0.25) is 4.79 Å². The fourth-order valence-electron chi connectivity index (χ4n) is 2.80. The van der Waals surface area contributed by atoms with Crippen molar-refractivity contribution in [3.05, 3.63) is 65.2 Å². The molecule has 0 saturated heterocycles. The van der Waals surface area contributed by atoms with Crippen molar-refractivity contribution < 1.29 is 18.9 Å². The molecule has 5 heteroatoms. The van der Waals surface area contributed by atoms with E-state index in [-0.39, 0.29) is 24.2 Å². The summed E-state index contributed by atoms with van der Waals surface area (Å²) >= 11 is 0. The summed E-state index contributed by atoms with van der Waals surface area (Å²) < 4.78 is 26.8. The van der Waals surface area contributed by atoms with Gasteiger partial charge in [0.15, 0.2) is 6.54 Å². The maximum Gasteiger partial charge on any atom is 0.279 e. The van der Waals surface area contributed by atoms with Crippen LogP contribution in [0.3, 0.4) is 0 Å². The van der Waals surface area contributed by atoms with Gasteiger partial charge >= 0.3 is 0 Å². The minimum absolute atomic E-state index is 0.119. The zero-order chi connectivity index (χ0) is 18.4. The normalized spacial score (nSPS) is 12.2. The topological polar surface area (TPSA) is 45.7 Å². The van der Waals surface area contributed by atoms with Crippen LogP contribution < -0.4 is 10.6 Å². The Morgan fingerprint density at radius 1 is 1.12 bits per heavy atom. The highest BCUT2D eigenvalue weighted by atomic mass is 19.1. The van der Waals surface area contributed by atoms with Gasteiger partial charge in [-0.2, -0.15) is 0 Å². The molecule has 0 aromatic heterocycles. The molecule has 0 saturated carbocycles. The van der Waals surface area contributed by atoms with Crippen LogP contribution in [0.2, 0.25) is 0 Å². The number of nitrogens with one attached hydrogen (secondary N) is 1. The lowest BCUT2D eigenvalue weighted by Gasteiger charge is -2.20. The predicted molar refractivity (Wildman–Crippen MR) is 95.2 cm³/mol. The van der Waals surface area contributed by atoms with Crippen LogP contribution in [0, 0.1) is 17.6 Å². The van der Waals surface area contributed by atoms with Crippen LogP contribution in [0.25, 0.3) is 0 Å². The molecule has 2 rings (SSSR count). The number of nitrogens with two attached hydrogens (primary N) is 1. The van der Waals surface area contributed by atoms with Crippen LogP contribution in [0.15, 0.2) is 42.5 Å². The van der Waals surface area contributed by atoms with E-state index < -0.39 is 11.6 Å². The molecule has 1 atom stereocenters. The zero-order valence-electron chi connectivity index (χ0n) is 14.9. The van der Waals surface area contributed by atoms with Gasteiger partial charge in [0.1, 0.15) is 17.7 Å². The van der Waals surface area contributed by atoms with E-state index in [0.29, 0.717) is 5.92 Å². The van der Waals surface area contributed by atoms with Crippen LogP contribution in [-0.4, -0.2) is 12.5 Å². The summed E-state index contributed by atoms with van der Waals surface area (Å²) in [5.74, 6) is -1.27. The quantitative estimate of drug-likeness (QED) is 0.792. The molecule has 3 nitrogen and oxygen atoms in total. The zero-order valence-corrected chi connectivity index (χ0v) is 14.9. The van der Waals surface area contributed by atoms with Gasteiger partial charge in [0, 0.05) is 17.5 Å². The third-order valence-corrected chi connectivity index (χ3v) is 4.25. The van der Waals surface area contributed by atoms with Crippen LogP contribution >= 0.6 is 0 Å². The average molecular weight is 347 g/mol. The Balaban J connectivity index is 2.00. The maximum atomic E-state index is 13.6. The molecule has 0 bridgehead atoms. The van der Waals surface area contributed by atoms with Crippen LogP contribution in [0.5, 0.6) is 0 Å². The number of hydrogen-bond acceptors (Lipinski definition) is 1. The van der Waals surface area contributed by atoms with Gasteiger partial charge in [-0.25, -0.2) is 8.78 Å². The summed E-state index contributed by atoms with van der Waals surface area (Å²) in [4.78, 5) is 12.1. The van der Waals surface area contributed by atoms with Gasteiger partial charge in [0.25, 0.3) is 5.91 Å². The lowest BCUT2D eigenvalue weighted by Crippen LogP contribution is -2.88. The fourth-order valence-corrected chi connectivity index (χ4v) is 2.80. The molecule has 0 aliphatic rings. The van der Waals surface area contributed by atoms with Gasteiger partial charge in [0.2, 0.25) is 0 Å². The maximum absolute atomic E-state index is 13.6. The SMILES string of the molecule is CCc1ccc([C@H]([NH2+]CC(=O)Nc2cc(F)ccc2F)C(C)C)cc1. The van der Waals surface area contributed by atoms with Gasteiger partial charge in [0.05, 0.1) is 5.69 Å². The number of halogens is 2. The molecule has 2 aromatic carbocycles. The third-order valence-electron chi connectivity index (χ3n) is 4.25. The Hall–Kier alpha value is -2.27. The van der Waals surface area contributed by atoms with Gasteiger partial charge in [-0.15, -0.1) is 0 Å². The summed E-state index contributed by atoms with van der Waals surface area (Å²) in [6, 6.07) is 11.5. The highest BCUT2D eigenvalue weighted by molar-refractivity contribution is 5.91. The van der Waals surface area contributed by atoms with Crippen molar-refractivity contribution in [1.82, 2.24) is 0 Å². The molecule has 0 fully saturated rings. The number of carbonyl (C=O) groups is 1. The summed E-state index contributed by atoms with van der Waals surface area (Å²) in [7, 11) is 0. The predicted octanol–water partition coefficient (Wildman–Crippen LogP) is 3.43. The van der Waals surface area contributed by atoms with Gasteiger partial charge in [-0.05, 0) is 24.1 Å². The number of amides is 1. The molecule has 3 N–H and O–H groups in total. The van der Waals surface area contributed by atoms with Crippen molar-refractivity contribution >= 4 is 11.6 Å². The Kier molecular flexibility index (Phi) is 6.65. The molecule has 134 valence electrons. The van der Waals surface area contributed by atoms with Crippen LogP contribution in [0.4, 0.5) is 14.5 Å². The second kappa shape index (κ2) is 8.72. The van der Waals surface area contributed by atoms with E-state index in [1.165, 1.54) is 5.56 Å². The summed E-state index contributed by atoms with van der Waals surface area (Å²) in [5.41, 5.74) is 2.29. The second-order valence-electron chi connectivity index (χ2n) is 6.48. The molecule has 0 radical (unpaired) electrons. The van der Waals surface area contributed by atoms with Crippen molar-refractivity contribution in [2.75, 3.05) is 11.9 Å². The molecular formula is C20H25F2N2O+. The van der Waals surface area contributed by atoms with Crippen LogP contribution in [-0.2, 0) is 11.2 Å². The summed E-state index contributed by atoms with van der Waals surface area (Å²) in [5, 5.41) is 4.36. The first-order chi connectivity index (χ1) is 11.9. The lowest BCUT2D eigenvalue weighted by atomic mass is 9.95. The minimum atomic E-state index is -0.648. The van der Waals surface area contributed by atoms with E-state index in [1.54, 1.807) is 0 Å². The standard InChI is InChI=1S/C20H24F2N2O/c1-4-14-5-7-15(8-6-14)20(13(2)3)23-12-19(25)24-18-11-16(21)9-10-17(18)22/h5-11,13,20,23H,4,12H2,1-3H3,(H,24,25)/p+1/t20-/m1/s1. The monoisotopic (exact) mass is 347 g/mol. The minimum Gasteiger partial charge on any atom is -0.332 e.